The summed E-state index contributed by atoms with van der Waals surface area (Å²) < 4.78 is 7.75. The summed E-state index contributed by atoms with van der Waals surface area (Å²) in [6.45, 7) is 3.38. The molecule has 2 aromatic heterocycles. The van der Waals surface area contributed by atoms with Gasteiger partial charge in [0.1, 0.15) is 5.56 Å². The predicted octanol–water partition coefficient (Wildman–Crippen LogP) is 4.02. The third-order valence-corrected chi connectivity index (χ3v) is 5.91. The van der Waals surface area contributed by atoms with E-state index < -0.39 is 0 Å². The van der Waals surface area contributed by atoms with Crippen LogP contribution in [0.2, 0.25) is 5.02 Å². The molecule has 7 nitrogen and oxygen atoms in total. The molecule has 3 rings (SSSR count). The van der Waals surface area contributed by atoms with Crippen molar-refractivity contribution in [3.63, 3.8) is 0 Å². The second-order valence-electron chi connectivity index (χ2n) is 6.88. The molecule has 0 bridgehead atoms. The fraction of sp³-hybridized carbons (Fsp3) is 0.421. The summed E-state index contributed by atoms with van der Waals surface area (Å²) in [5, 5.41) is 5.47. The van der Waals surface area contributed by atoms with Crippen LogP contribution < -0.4 is 9.64 Å². The Kier molecular flexibility index (Phi) is 7.87. The number of thiazole rings is 1. The third kappa shape index (κ3) is 5.01. The molecule has 0 N–H and O–H groups in total. The highest BCUT2D eigenvalue weighted by molar-refractivity contribution is 7.23. The number of anilines is 1. The number of aromatic nitrogens is 3. The predicted molar refractivity (Wildman–Crippen MR) is 121 cm³/mol. The van der Waals surface area contributed by atoms with Gasteiger partial charge in [0.05, 0.1) is 22.3 Å². The molecule has 10 heteroatoms. The minimum absolute atomic E-state index is 0. The van der Waals surface area contributed by atoms with Crippen LogP contribution in [0, 0.1) is 6.92 Å². The Morgan fingerprint density at radius 2 is 2.03 bits per heavy atom. The first-order chi connectivity index (χ1) is 13.3. The summed E-state index contributed by atoms with van der Waals surface area (Å²) in [7, 11) is 7.29. The average molecular weight is 458 g/mol. The lowest BCUT2D eigenvalue weighted by Gasteiger charge is -2.20. The van der Waals surface area contributed by atoms with Crippen LogP contribution in [0.15, 0.2) is 18.3 Å². The standard InChI is InChI=1S/C19H24ClN5O2S.ClH/c1-12-7-8-14(20)16-15(12)21-19(28-16)25(10-6-9-23(2)3)18(26)13-11-24(4)22-17(13)27-5;/h7-8,11H,6,9-10H2,1-5H3;1H. The van der Waals surface area contributed by atoms with Crippen LogP contribution in [-0.2, 0) is 7.05 Å². The lowest BCUT2D eigenvalue weighted by Crippen LogP contribution is -2.33. The van der Waals surface area contributed by atoms with Gasteiger partial charge in [-0.1, -0.05) is 29.0 Å². The smallest absolute Gasteiger partial charge is 0.267 e. The number of rotatable bonds is 7. The van der Waals surface area contributed by atoms with E-state index in [1.807, 2.05) is 33.2 Å². The van der Waals surface area contributed by atoms with Gasteiger partial charge in [0.2, 0.25) is 5.88 Å². The molecule has 0 saturated carbocycles. The third-order valence-electron chi connectivity index (χ3n) is 4.37. The molecule has 0 unspecified atom stereocenters. The van der Waals surface area contributed by atoms with Crippen LogP contribution in [0.4, 0.5) is 5.13 Å². The molecule has 0 saturated heterocycles. The van der Waals surface area contributed by atoms with E-state index in [9.17, 15) is 4.79 Å². The molecular formula is C19H25Cl2N5O2S. The van der Waals surface area contributed by atoms with Crippen molar-refractivity contribution in [2.75, 3.05) is 39.2 Å². The summed E-state index contributed by atoms with van der Waals surface area (Å²) in [6, 6.07) is 3.81. The van der Waals surface area contributed by atoms with Crippen LogP contribution in [0.3, 0.4) is 0 Å². The van der Waals surface area contributed by atoms with Crippen LogP contribution >= 0.6 is 35.3 Å². The minimum atomic E-state index is -0.184. The average Bonchev–Trinajstić information content (AvgIpc) is 3.25. The summed E-state index contributed by atoms with van der Waals surface area (Å²) in [5.74, 6) is 0.122. The minimum Gasteiger partial charge on any atom is -0.479 e. The first kappa shape index (κ1) is 23.4. The van der Waals surface area contributed by atoms with Crippen LogP contribution in [-0.4, -0.2) is 59.9 Å². The number of aryl methyl sites for hydroxylation is 2. The highest BCUT2D eigenvalue weighted by Gasteiger charge is 2.26. The number of fused-ring (bicyclic) bond motifs is 1. The Morgan fingerprint density at radius 1 is 1.31 bits per heavy atom. The largest absolute Gasteiger partial charge is 0.479 e. The van der Waals surface area contributed by atoms with Crippen molar-refractivity contribution in [3.8, 4) is 5.88 Å². The molecule has 158 valence electrons. The lowest BCUT2D eigenvalue weighted by molar-refractivity contribution is 0.0983. The van der Waals surface area contributed by atoms with Crippen LogP contribution in [0.25, 0.3) is 10.2 Å². The fourth-order valence-corrected chi connectivity index (χ4v) is 4.29. The van der Waals surface area contributed by atoms with Crippen molar-refractivity contribution in [1.82, 2.24) is 19.7 Å². The summed E-state index contributed by atoms with van der Waals surface area (Å²) in [5.41, 5.74) is 2.27. The number of hydrogen-bond donors (Lipinski definition) is 0. The number of hydrogen-bond acceptors (Lipinski definition) is 6. The molecule has 0 fully saturated rings. The van der Waals surface area contributed by atoms with Gasteiger partial charge < -0.3 is 9.64 Å². The second-order valence-corrected chi connectivity index (χ2v) is 8.26. The van der Waals surface area contributed by atoms with Gasteiger partial charge in [-0.15, -0.1) is 17.5 Å². The molecule has 0 aliphatic rings. The van der Waals surface area contributed by atoms with E-state index in [4.69, 9.17) is 21.3 Å². The molecule has 3 aromatic rings. The molecular weight excluding hydrogens is 433 g/mol. The molecule has 2 heterocycles. The quantitative estimate of drug-likeness (QED) is 0.535. The van der Waals surface area contributed by atoms with Crippen molar-refractivity contribution >= 4 is 56.6 Å². The maximum atomic E-state index is 13.4. The van der Waals surface area contributed by atoms with Crippen molar-refractivity contribution in [2.45, 2.75) is 13.3 Å². The number of methoxy groups -OCH3 is 1. The maximum Gasteiger partial charge on any atom is 0.267 e. The number of benzene rings is 1. The van der Waals surface area contributed by atoms with Crippen LogP contribution in [0.5, 0.6) is 5.88 Å². The zero-order valence-corrected chi connectivity index (χ0v) is 19.5. The van der Waals surface area contributed by atoms with E-state index in [0.717, 1.165) is 28.7 Å². The number of amides is 1. The molecule has 0 atom stereocenters. The number of carbonyl (C=O) groups is 1. The van der Waals surface area contributed by atoms with Gasteiger partial charge in [0.15, 0.2) is 5.13 Å². The summed E-state index contributed by atoms with van der Waals surface area (Å²) in [4.78, 5) is 21.9. The highest BCUT2D eigenvalue weighted by atomic mass is 35.5. The van der Waals surface area contributed by atoms with Crippen molar-refractivity contribution in [1.29, 1.82) is 0 Å². The zero-order chi connectivity index (χ0) is 20.4. The maximum absolute atomic E-state index is 13.4. The van der Waals surface area contributed by atoms with Gasteiger partial charge in [-0.05, 0) is 45.6 Å². The summed E-state index contributed by atoms with van der Waals surface area (Å²) >= 11 is 7.80. The number of nitrogens with zero attached hydrogens (tertiary/aromatic N) is 5. The van der Waals surface area contributed by atoms with Gasteiger partial charge in [-0.3, -0.25) is 14.4 Å². The Bertz CT molecular complexity index is 963. The Hall–Kier alpha value is -1.87. The molecule has 0 aliphatic heterocycles. The molecule has 0 aliphatic carbocycles. The van der Waals surface area contributed by atoms with Gasteiger partial charge in [0, 0.05) is 19.8 Å². The van der Waals surface area contributed by atoms with Crippen molar-refractivity contribution in [3.05, 3.63) is 34.5 Å². The monoisotopic (exact) mass is 457 g/mol. The van der Waals surface area contributed by atoms with Gasteiger partial charge in [0.25, 0.3) is 5.91 Å². The van der Waals surface area contributed by atoms with E-state index in [1.54, 1.807) is 22.8 Å². The van der Waals surface area contributed by atoms with E-state index in [0.29, 0.717) is 28.1 Å². The fourth-order valence-electron chi connectivity index (χ4n) is 2.95. The lowest BCUT2D eigenvalue weighted by atomic mass is 10.2. The number of carbonyl (C=O) groups excluding carboxylic acids is 1. The van der Waals surface area contributed by atoms with E-state index in [1.165, 1.54) is 18.4 Å². The van der Waals surface area contributed by atoms with E-state index >= 15 is 0 Å². The SMILES string of the molecule is COc1nn(C)cc1C(=O)N(CCCN(C)C)c1nc2c(C)ccc(Cl)c2s1.Cl. The highest BCUT2D eigenvalue weighted by Crippen LogP contribution is 2.36. The second kappa shape index (κ2) is 9.75. The topological polar surface area (TPSA) is 63.5 Å². The Morgan fingerprint density at radius 3 is 2.66 bits per heavy atom. The van der Waals surface area contributed by atoms with Gasteiger partial charge in [-0.25, -0.2) is 4.98 Å². The van der Waals surface area contributed by atoms with E-state index in [2.05, 4.69) is 10.00 Å². The molecule has 1 aromatic carbocycles. The molecule has 0 radical (unpaired) electrons. The van der Waals surface area contributed by atoms with Gasteiger partial charge >= 0.3 is 0 Å². The normalized spacial score (nSPS) is 11.0. The first-order valence-corrected chi connectivity index (χ1v) is 10.1. The van der Waals surface area contributed by atoms with Crippen molar-refractivity contribution in [2.24, 2.45) is 7.05 Å². The van der Waals surface area contributed by atoms with Crippen LogP contribution in [0.1, 0.15) is 22.3 Å². The van der Waals surface area contributed by atoms with Crippen molar-refractivity contribution < 1.29 is 9.53 Å². The first-order valence-electron chi connectivity index (χ1n) is 8.91. The number of halogens is 2. The Balaban J connectivity index is 0.00000300. The number of ether oxygens (including phenoxy) is 1. The summed E-state index contributed by atoms with van der Waals surface area (Å²) in [6.07, 6.45) is 2.48. The zero-order valence-electron chi connectivity index (χ0n) is 17.1. The molecule has 1 amide bonds. The van der Waals surface area contributed by atoms with E-state index in [-0.39, 0.29) is 18.3 Å². The molecule has 29 heavy (non-hydrogen) atoms. The molecule has 0 spiro atoms. The Labute approximate surface area is 185 Å². The van der Waals surface area contributed by atoms with Gasteiger partial charge in [-0.2, -0.15) is 0 Å².